The topological polar surface area (TPSA) is 0 Å². The van der Waals surface area contributed by atoms with Crippen molar-refractivity contribution in [2.24, 2.45) is 0 Å². The van der Waals surface area contributed by atoms with Crippen molar-refractivity contribution in [1.82, 2.24) is 0 Å². The Bertz CT molecular complexity index is 447. The highest BCUT2D eigenvalue weighted by Crippen LogP contribution is 2.44. The first kappa shape index (κ1) is 20.7. The van der Waals surface area contributed by atoms with Crippen molar-refractivity contribution in [1.29, 1.82) is 0 Å². The van der Waals surface area contributed by atoms with Gasteiger partial charge in [-0.15, -0.1) is 11.3 Å². The summed E-state index contributed by atoms with van der Waals surface area (Å²) >= 11 is 2.14. The smallest absolute Gasteiger partial charge is 0.0139 e. The molecule has 0 atom stereocenters. The molecule has 0 aliphatic heterocycles. The molecule has 0 spiro atoms. The van der Waals surface area contributed by atoms with Crippen LogP contribution in [0.3, 0.4) is 0 Å². The van der Waals surface area contributed by atoms with Gasteiger partial charge in [-0.2, -0.15) is 0 Å². The van der Waals surface area contributed by atoms with Crippen molar-refractivity contribution >= 4 is 11.3 Å². The molecule has 0 unspecified atom stereocenters. The van der Waals surface area contributed by atoms with Crippen LogP contribution in [0.4, 0.5) is 0 Å². The minimum Gasteiger partial charge on any atom is -0.144 e. The van der Waals surface area contributed by atoms with Gasteiger partial charge in [-0.25, -0.2) is 0 Å². The van der Waals surface area contributed by atoms with Crippen molar-refractivity contribution in [3.63, 3.8) is 0 Å². The van der Waals surface area contributed by atoms with Gasteiger partial charge in [0.15, 0.2) is 0 Å². The average molecular weight is 337 g/mol. The number of unbranched alkanes of at least 4 members (excludes halogenated alkanes) is 3. The molecule has 134 valence electrons. The zero-order valence-corrected chi connectivity index (χ0v) is 17.7. The van der Waals surface area contributed by atoms with Crippen LogP contribution in [0.15, 0.2) is 6.07 Å². The molecule has 0 amide bonds. The first-order chi connectivity index (χ1) is 10.9. The quantitative estimate of drug-likeness (QED) is 0.359. The van der Waals surface area contributed by atoms with Crippen molar-refractivity contribution in [2.75, 3.05) is 0 Å². The van der Waals surface area contributed by atoms with Gasteiger partial charge in [-0.05, 0) is 50.2 Å². The summed E-state index contributed by atoms with van der Waals surface area (Å²) in [4.78, 5) is 3.33. The van der Waals surface area contributed by atoms with Gasteiger partial charge in [0, 0.05) is 20.6 Å². The van der Waals surface area contributed by atoms with Crippen LogP contribution in [-0.2, 0) is 17.3 Å². The number of rotatable bonds is 11. The molecule has 0 radical (unpaired) electrons. The van der Waals surface area contributed by atoms with E-state index in [1.807, 2.05) is 0 Å². The molecule has 1 aromatic rings. The minimum absolute atomic E-state index is 0.365. The standard InChI is InChI=1S/C22H40S/c1-8-13-14-15-16-18-17-19(21(6,9-2)10-3)23-20(18)22(7,11-4)12-5/h17H,8-16H2,1-7H3. The zero-order valence-electron chi connectivity index (χ0n) is 16.8. The molecule has 0 aliphatic rings. The maximum atomic E-state index is 2.59. The lowest BCUT2D eigenvalue weighted by Crippen LogP contribution is -2.20. The third-order valence-electron chi connectivity index (χ3n) is 6.37. The number of hydrogen-bond donors (Lipinski definition) is 0. The highest BCUT2D eigenvalue weighted by Gasteiger charge is 2.32. The first-order valence-corrected chi connectivity index (χ1v) is 10.9. The van der Waals surface area contributed by atoms with E-state index in [2.05, 4.69) is 65.9 Å². The Morgan fingerprint density at radius 2 is 1.35 bits per heavy atom. The zero-order chi connectivity index (χ0) is 17.5. The SMILES string of the molecule is CCCCCCc1cc(C(C)(CC)CC)sc1C(C)(CC)CC. The second-order valence-electron chi connectivity index (χ2n) is 7.81. The normalized spacial score (nSPS) is 12.8. The Morgan fingerprint density at radius 3 is 1.83 bits per heavy atom. The molecule has 0 aliphatic carbocycles. The van der Waals surface area contributed by atoms with Crippen molar-refractivity contribution in [3.05, 3.63) is 21.4 Å². The van der Waals surface area contributed by atoms with Crippen LogP contribution >= 0.6 is 11.3 Å². The lowest BCUT2D eigenvalue weighted by Gasteiger charge is -2.28. The molecular weight excluding hydrogens is 296 g/mol. The summed E-state index contributed by atoms with van der Waals surface area (Å²) in [7, 11) is 0. The molecule has 1 aromatic heterocycles. The fraction of sp³-hybridized carbons (Fsp3) is 0.818. The Morgan fingerprint density at radius 1 is 0.783 bits per heavy atom. The van der Waals surface area contributed by atoms with Crippen LogP contribution in [-0.4, -0.2) is 0 Å². The number of aryl methyl sites for hydroxylation is 1. The maximum absolute atomic E-state index is 2.59. The van der Waals surface area contributed by atoms with E-state index in [1.165, 1.54) is 57.8 Å². The molecular formula is C22H40S. The van der Waals surface area contributed by atoms with Gasteiger partial charge in [0.05, 0.1) is 0 Å². The molecule has 0 saturated heterocycles. The monoisotopic (exact) mass is 336 g/mol. The van der Waals surface area contributed by atoms with Gasteiger partial charge in [-0.3, -0.25) is 0 Å². The number of hydrogen-bond acceptors (Lipinski definition) is 1. The van der Waals surface area contributed by atoms with E-state index in [4.69, 9.17) is 0 Å². The fourth-order valence-corrected chi connectivity index (χ4v) is 5.12. The molecule has 0 fully saturated rings. The molecule has 23 heavy (non-hydrogen) atoms. The predicted octanol–water partition coefficient (Wildman–Crippen LogP) is 8.03. The van der Waals surface area contributed by atoms with E-state index < -0.39 is 0 Å². The third kappa shape index (κ3) is 4.84. The van der Waals surface area contributed by atoms with Gasteiger partial charge in [0.2, 0.25) is 0 Å². The summed E-state index contributed by atoms with van der Waals surface area (Å²) in [6, 6.07) is 2.59. The van der Waals surface area contributed by atoms with Crippen LogP contribution in [0, 0.1) is 0 Å². The first-order valence-electron chi connectivity index (χ1n) is 10.0. The highest BCUT2D eigenvalue weighted by molar-refractivity contribution is 7.12. The Hall–Kier alpha value is -0.300. The van der Waals surface area contributed by atoms with Crippen LogP contribution in [0.5, 0.6) is 0 Å². The van der Waals surface area contributed by atoms with Gasteiger partial charge in [0.1, 0.15) is 0 Å². The summed E-state index contributed by atoms with van der Waals surface area (Å²) in [6.07, 6.45) is 11.7. The van der Waals surface area contributed by atoms with E-state index in [0.29, 0.717) is 10.8 Å². The van der Waals surface area contributed by atoms with Crippen molar-refractivity contribution in [2.45, 2.75) is 117 Å². The van der Waals surface area contributed by atoms with Crippen LogP contribution < -0.4 is 0 Å². The largest absolute Gasteiger partial charge is 0.144 e. The second kappa shape index (κ2) is 9.25. The molecule has 0 aromatic carbocycles. The minimum atomic E-state index is 0.365. The fourth-order valence-electron chi connectivity index (χ4n) is 3.33. The molecule has 1 rings (SSSR count). The van der Waals surface area contributed by atoms with E-state index in [-0.39, 0.29) is 0 Å². The van der Waals surface area contributed by atoms with E-state index >= 15 is 0 Å². The van der Waals surface area contributed by atoms with Crippen molar-refractivity contribution in [3.8, 4) is 0 Å². The van der Waals surface area contributed by atoms with Crippen LogP contribution in [0.2, 0.25) is 0 Å². The van der Waals surface area contributed by atoms with Gasteiger partial charge in [0.25, 0.3) is 0 Å². The molecule has 0 nitrogen and oxygen atoms in total. The summed E-state index contributed by atoms with van der Waals surface area (Å²) in [5.41, 5.74) is 2.40. The van der Waals surface area contributed by atoms with Gasteiger partial charge >= 0.3 is 0 Å². The van der Waals surface area contributed by atoms with Crippen LogP contribution in [0.25, 0.3) is 0 Å². The summed E-state index contributed by atoms with van der Waals surface area (Å²) in [5.74, 6) is 0. The second-order valence-corrected chi connectivity index (χ2v) is 8.86. The summed E-state index contributed by atoms with van der Waals surface area (Å²) in [6.45, 7) is 16.7. The summed E-state index contributed by atoms with van der Waals surface area (Å²) in [5, 5.41) is 0. The van der Waals surface area contributed by atoms with E-state index in [0.717, 1.165) is 0 Å². The molecule has 1 heteroatoms. The highest BCUT2D eigenvalue weighted by atomic mass is 32.1. The Kier molecular flexibility index (Phi) is 8.35. The van der Waals surface area contributed by atoms with Gasteiger partial charge in [-0.1, -0.05) is 67.7 Å². The number of thiophene rings is 1. The van der Waals surface area contributed by atoms with Gasteiger partial charge < -0.3 is 0 Å². The maximum Gasteiger partial charge on any atom is 0.0139 e. The predicted molar refractivity (Wildman–Crippen MR) is 108 cm³/mol. The van der Waals surface area contributed by atoms with E-state index in [9.17, 15) is 0 Å². The lowest BCUT2D eigenvalue weighted by atomic mass is 9.79. The van der Waals surface area contributed by atoms with Crippen LogP contribution in [0.1, 0.15) is 115 Å². The molecule has 0 saturated carbocycles. The third-order valence-corrected chi connectivity index (χ3v) is 8.16. The van der Waals surface area contributed by atoms with Crippen molar-refractivity contribution < 1.29 is 0 Å². The Labute approximate surface area is 150 Å². The molecule has 0 N–H and O–H groups in total. The lowest BCUT2D eigenvalue weighted by molar-refractivity contribution is 0.443. The Balaban J connectivity index is 3.16. The molecule has 1 heterocycles. The average Bonchev–Trinajstić information content (AvgIpc) is 3.02. The summed E-state index contributed by atoms with van der Waals surface area (Å²) < 4.78 is 0. The molecule has 0 bridgehead atoms. The van der Waals surface area contributed by atoms with E-state index in [1.54, 1.807) is 15.3 Å².